The number of nitrogens with one attached hydrogen (secondary N) is 1. The van der Waals surface area contributed by atoms with Crippen LogP contribution >= 0.6 is 11.3 Å². The van der Waals surface area contributed by atoms with Gasteiger partial charge in [-0.05, 0) is 13.0 Å². The smallest absolute Gasteiger partial charge is 0.246 e. The zero-order valence-electron chi connectivity index (χ0n) is 11.6. The minimum Gasteiger partial charge on any atom is -0.384 e. The van der Waals surface area contributed by atoms with E-state index < -0.39 is 10.0 Å². The molecule has 2 aromatic rings. The second-order valence-corrected chi connectivity index (χ2v) is 7.39. The van der Waals surface area contributed by atoms with Crippen molar-refractivity contribution in [3.8, 4) is 11.8 Å². The van der Waals surface area contributed by atoms with E-state index in [9.17, 15) is 8.42 Å². The normalized spacial score (nSPS) is 11.4. The summed E-state index contributed by atoms with van der Waals surface area (Å²) in [6.07, 6.45) is 1.31. The molecule has 2 N–H and O–H groups in total. The van der Waals surface area contributed by atoms with Crippen LogP contribution in [0.2, 0.25) is 0 Å². The van der Waals surface area contributed by atoms with Crippen molar-refractivity contribution in [1.82, 2.24) is 14.5 Å². The van der Waals surface area contributed by atoms with Crippen molar-refractivity contribution >= 4 is 21.4 Å². The fourth-order valence-corrected chi connectivity index (χ4v) is 3.96. The number of H-pyrrole nitrogens is 1. The van der Waals surface area contributed by atoms with Crippen LogP contribution in [0.1, 0.15) is 16.1 Å². The van der Waals surface area contributed by atoms with E-state index in [0.29, 0.717) is 5.69 Å². The molecule has 0 fully saturated rings. The molecule has 21 heavy (non-hydrogen) atoms. The van der Waals surface area contributed by atoms with Crippen LogP contribution in [0.5, 0.6) is 0 Å². The molecular weight excluding hydrogens is 310 g/mol. The second-order valence-electron chi connectivity index (χ2n) is 4.38. The highest BCUT2D eigenvalue weighted by atomic mass is 32.2. The first-order valence-corrected chi connectivity index (χ1v) is 8.40. The van der Waals surface area contributed by atoms with E-state index in [0.717, 1.165) is 10.4 Å². The van der Waals surface area contributed by atoms with Crippen LogP contribution in [0.4, 0.5) is 0 Å². The van der Waals surface area contributed by atoms with Gasteiger partial charge in [-0.2, -0.15) is 9.40 Å². The van der Waals surface area contributed by atoms with Crippen molar-refractivity contribution in [1.29, 1.82) is 0 Å². The van der Waals surface area contributed by atoms with E-state index in [-0.39, 0.29) is 18.0 Å². The van der Waals surface area contributed by atoms with Crippen LogP contribution in [0, 0.1) is 18.8 Å². The molecule has 0 saturated heterocycles. The van der Waals surface area contributed by atoms with Crippen molar-refractivity contribution in [2.45, 2.75) is 18.4 Å². The predicted octanol–water partition coefficient (Wildman–Crippen LogP) is 0.944. The lowest BCUT2D eigenvalue weighted by molar-refractivity contribution is 0.350. The Morgan fingerprint density at radius 1 is 1.52 bits per heavy atom. The maximum Gasteiger partial charge on any atom is 0.246 e. The molecule has 0 atom stereocenters. The van der Waals surface area contributed by atoms with Crippen LogP contribution in [0.15, 0.2) is 22.5 Å². The van der Waals surface area contributed by atoms with Gasteiger partial charge in [0.2, 0.25) is 10.0 Å². The molecule has 8 heteroatoms. The van der Waals surface area contributed by atoms with Gasteiger partial charge in [-0.15, -0.1) is 11.3 Å². The third-order valence-corrected chi connectivity index (χ3v) is 5.65. The van der Waals surface area contributed by atoms with Crippen LogP contribution < -0.4 is 0 Å². The molecule has 0 spiro atoms. The molecule has 0 aliphatic carbocycles. The summed E-state index contributed by atoms with van der Waals surface area (Å²) in [6, 6.07) is 1.82. The Balaban J connectivity index is 2.16. The average Bonchev–Trinajstić information content (AvgIpc) is 3.05. The first-order valence-electron chi connectivity index (χ1n) is 6.08. The summed E-state index contributed by atoms with van der Waals surface area (Å²) >= 11 is 1.43. The highest BCUT2D eigenvalue weighted by Gasteiger charge is 2.24. The minimum atomic E-state index is -3.56. The standard InChI is InChI=1S/C13H15N3O3S2/c1-10-13(7-14-15-10)21(18,19)16(2)8-12-6-11(9-20-12)4-3-5-17/h6-7,9,17H,5,8H2,1-2H3,(H,14,15). The number of hydrogen-bond acceptors (Lipinski definition) is 5. The SMILES string of the molecule is Cc1[nH]ncc1S(=O)(=O)N(C)Cc1cc(C#CCO)cs1. The largest absolute Gasteiger partial charge is 0.384 e. The fourth-order valence-electron chi connectivity index (χ4n) is 1.74. The third-order valence-electron chi connectivity index (χ3n) is 2.82. The number of aliphatic hydroxyl groups excluding tert-OH is 1. The Labute approximate surface area is 127 Å². The van der Waals surface area contributed by atoms with Gasteiger partial charge in [0.25, 0.3) is 0 Å². The zero-order chi connectivity index (χ0) is 15.5. The maximum absolute atomic E-state index is 12.4. The molecule has 0 bridgehead atoms. The van der Waals surface area contributed by atoms with Crippen LogP contribution in [0.3, 0.4) is 0 Å². The van der Waals surface area contributed by atoms with Gasteiger partial charge in [-0.25, -0.2) is 8.42 Å². The van der Waals surface area contributed by atoms with Crippen molar-refractivity contribution < 1.29 is 13.5 Å². The van der Waals surface area contributed by atoms with Gasteiger partial charge in [0, 0.05) is 29.4 Å². The van der Waals surface area contributed by atoms with Gasteiger partial charge < -0.3 is 5.11 Å². The first-order chi connectivity index (χ1) is 9.95. The lowest BCUT2D eigenvalue weighted by Gasteiger charge is -2.15. The van der Waals surface area contributed by atoms with Gasteiger partial charge in [0.1, 0.15) is 11.5 Å². The lowest BCUT2D eigenvalue weighted by Crippen LogP contribution is -2.26. The maximum atomic E-state index is 12.4. The Bertz CT molecular complexity index is 781. The fraction of sp³-hybridized carbons (Fsp3) is 0.308. The molecule has 2 rings (SSSR count). The van der Waals surface area contributed by atoms with E-state index in [4.69, 9.17) is 5.11 Å². The zero-order valence-corrected chi connectivity index (χ0v) is 13.3. The molecule has 112 valence electrons. The Kier molecular flexibility index (Phi) is 4.80. The summed E-state index contributed by atoms with van der Waals surface area (Å²) in [4.78, 5) is 1.06. The molecule has 2 heterocycles. The molecule has 0 aromatic carbocycles. The van der Waals surface area contributed by atoms with Gasteiger partial charge in [-0.3, -0.25) is 5.10 Å². The molecule has 0 amide bonds. The lowest BCUT2D eigenvalue weighted by atomic mass is 10.3. The van der Waals surface area contributed by atoms with E-state index in [1.54, 1.807) is 6.92 Å². The molecule has 0 unspecified atom stereocenters. The second kappa shape index (κ2) is 6.41. The molecule has 6 nitrogen and oxygen atoms in total. The quantitative estimate of drug-likeness (QED) is 0.819. The molecule has 2 aromatic heterocycles. The van der Waals surface area contributed by atoms with Gasteiger partial charge in [-0.1, -0.05) is 11.8 Å². The molecule has 0 radical (unpaired) electrons. The van der Waals surface area contributed by atoms with Crippen molar-refractivity contribution in [3.63, 3.8) is 0 Å². The number of rotatable bonds is 4. The molecular formula is C13H15N3O3S2. The average molecular weight is 325 g/mol. The number of hydrogen-bond donors (Lipinski definition) is 2. The summed E-state index contributed by atoms with van der Waals surface area (Å²) in [6.45, 7) is 1.74. The van der Waals surface area contributed by atoms with E-state index in [2.05, 4.69) is 22.0 Å². The monoisotopic (exact) mass is 325 g/mol. The summed E-state index contributed by atoms with van der Waals surface area (Å²) in [5.74, 6) is 5.35. The predicted molar refractivity (Wildman–Crippen MR) is 80.3 cm³/mol. The molecule has 0 saturated carbocycles. The topological polar surface area (TPSA) is 86.3 Å². The van der Waals surface area contributed by atoms with Crippen molar-refractivity contribution in [2.24, 2.45) is 0 Å². The number of aryl methyl sites for hydroxylation is 1. The summed E-state index contributed by atoms with van der Waals surface area (Å²) in [5, 5.41) is 16.9. The number of aromatic amines is 1. The highest BCUT2D eigenvalue weighted by molar-refractivity contribution is 7.89. The van der Waals surface area contributed by atoms with Crippen molar-refractivity contribution in [2.75, 3.05) is 13.7 Å². The third kappa shape index (κ3) is 3.51. The van der Waals surface area contributed by atoms with Crippen LogP contribution in [-0.4, -0.2) is 41.7 Å². The van der Waals surface area contributed by atoms with E-state index >= 15 is 0 Å². The number of aromatic nitrogens is 2. The summed E-state index contributed by atoms with van der Waals surface area (Å²) < 4.78 is 26.1. The van der Waals surface area contributed by atoms with Crippen molar-refractivity contribution in [3.05, 3.63) is 33.8 Å². The van der Waals surface area contributed by atoms with Gasteiger partial charge >= 0.3 is 0 Å². The first kappa shape index (κ1) is 15.7. The van der Waals surface area contributed by atoms with Gasteiger partial charge in [0.15, 0.2) is 0 Å². The molecule has 0 aliphatic heterocycles. The Morgan fingerprint density at radius 3 is 2.90 bits per heavy atom. The van der Waals surface area contributed by atoms with Crippen LogP contribution in [0.25, 0.3) is 0 Å². The summed E-state index contributed by atoms with van der Waals surface area (Å²) in [5.41, 5.74) is 1.29. The number of thiophene rings is 1. The Morgan fingerprint density at radius 2 is 2.29 bits per heavy atom. The van der Waals surface area contributed by atoms with E-state index in [1.165, 1.54) is 28.9 Å². The molecule has 0 aliphatic rings. The minimum absolute atomic E-state index is 0.182. The van der Waals surface area contributed by atoms with E-state index in [1.807, 2.05) is 11.4 Å². The highest BCUT2D eigenvalue weighted by Crippen LogP contribution is 2.21. The number of nitrogens with zero attached hydrogens (tertiary/aromatic N) is 2. The Hall–Kier alpha value is -1.66. The van der Waals surface area contributed by atoms with Crippen LogP contribution in [-0.2, 0) is 16.6 Å². The number of aliphatic hydroxyl groups is 1. The van der Waals surface area contributed by atoms with Gasteiger partial charge in [0.05, 0.1) is 11.9 Å². The summed E-state index contributed by atoms with van der Waals surface area (Å²) in [7, 11) is -2.03. The number of sulfonamides is 1.